The lowest BCUT2D eigenvalue weighted by Gasteiger charge is -2.29. The van der Waals surface area contributed by atoms with Crippen molar-refractivity contribution in [3.8, 4) is 0 Å². The Labute approximate surface area is 189 Å². The van der Waals surface area contributed by atoms with E-state index in [0.717, 1.165) is 0 Å². The van der Waals surface area contributed by atoms with Crippen LogP contribution in [0.1, 0.15) is 40.1 Å². The van der Waals surface area contributed by atoms with Crippen LogP contribution in [0.15, 0.2) is 91.0 Å². The van der Waals surface area contributed by atoms with Gasteiger partial charge in [0.1, 0.15) is 5.60 Å². The minimum absolute atomic E-state index is 0.00981. The average molecular weight is 435 g/mol. The molecule has 0 saturated heterocycles. The number of carbonyl (C=O) groups excluding carboxylic acids is 2. The molecule has 168 valence electrons. The molecule has 32 heavy (non-hydrogen) atoms. The minimum atomic E-state index is -1.40. The van der Waals surface area contributed by atoms with Gasteiger partial charge in [-0.05, 0) is 13.8 Å². The summed E-state index contributed by atoms with van der Waals surface area (Å²) in [4.78, 5) is 24.5. The zero-order chi connectivity index (χ0) is 23.6. The van der Waals surface area contributed by atoms with Gasteiger partial charge in [0.25, 0.3) is 5.79 Å². The van der Waals surface area contributed by atoms with Gasteiger partial charge in [-0.15, -0.1) is 0 Å². The van der Waals surface area contributed by atoms with Crippen molar-refractivity contribution >= 4 is 11.6 Å². The number of benzene rings is 3. The van der Waals surface area contributed by atoms with E-state index in [-0.39, 0.29) is 11.6 Å². The molecule has 3 aromatic rings. The Kier molecular flexibility index (Phi) is 9.02. The Morgan fingerprint density at radius 2 is 0.938 bits per heavy atom. The van der Waals surface area contributed by atoms with E-state index >= 15 is 0 Å². The number of hydrogen-bond acceptors (Lipinski definition) is 5. The van der Waals surface area contributed by atoms with Crippen molar-refractivity contribution in [2.75, 3.05) is 21.3 Å². The third kappa shape index (κ3) is 5.77. The van der Waals surface area contributed by atoms with Gasteiger partial charge in [0, 0.05) is 38.0 Å². The average Bonchev–Trinajstić information content (AvgIpc) is 2.86. The Morgan fingerprint density at radius 3 is 1.31 bits per heavy atom. The lowest BCUT2D eigenvalue weighted by Crippen LogP contribution is -2.39. The van der Waals surface area contributed by atoms with Crippen molar-refractivity contribution < 1.29 is 23.8 Å². The van der Waals surface area contributed by atoms with Crippen molar-refractivity contribution in [2.45, 2.75) is 25.2 Å². The number of ketones is 2. The molecule has 0 aliphatic rings. The van der Waals surface area contributed by atoms with Gasteiger partial charge < -0.3 is 14.2 Å². The van der Waals surface area contributed by atoms with Crippen LogP contribution in [0.4, 0.5) is 0 Å². The largest absolute Gasteiger partial charge is 0.371 e. The molecule has 0 bridgehead atoms. The number of carbonyl (C=O) groups is 2. The van der Waals surface area contributed by atoms with Crippen molar-refractivity contribution in [1.29, 1.82) is 0 Å². The molecule has 0 heterocycles. The maximum Gasteiger partial charge on any atom is 0.260 e. The summed E-state index contributed by atoms with van der Waals surface area (Å²) in [7, 11) is 4.48. The molecule has 0 N–H and O–H groups in total. The highest BCUT2D eigenvalue weighted by atomic mass is 16.7. The number of rotatable bonds is 8. The van der Waals surface area contributed by atoms with Gasteiger partial charge >= 0.3 is 0 Å². The first-order chi connectivity index (χ1) is 15.3. The topological polar surface area (TPSA) is 61.8 Å². The summed E-state index contributed by atoms with van der Waals surface area (Å²) >= 11 is 0. The molecule has 0 radical (unpaired) electrons. The molecule has 0 aliphatic carbocycles. The molecule has 0 aliphatic heterocycles. The molecule has 0 spiro atoms. The van der Waals surface area contributed by atoms with Crippen molar-refractivity contribution in [3.05, 3.63) is 108 Å². The number of hydrogen-bond donors (Lipinski definition) is 0. The molecule has 0 aromatic heterocycles. The lowest BCUT2D eigenvalue weighted by molar-refractivity contribution is -0.176. The second-order valence-corrected chi connectivity index (χ2v) is 7.50. The molecule has 0 unspecified atom stereocenters. The Hall–Kier alpha value is -3.12. The smallest absolute Gasteiger partial charge is 0.260 e. The van der Waals surface area contributed by atoms with Crippen LogP contribution in [0.5, 0.6) is 0 Å². The monoisotopic (exact) mass is 434 g/mol. The molecular weight excluding hydrogens is 404 g/mol. The summed E-state index contributed by atoms with van der Waals surface area (Å²) in [5, 5.41) is 0. The fraction of sp³-hybridized carbons (Fsp3) is 0.259. The maximum atomic E-state index is 12.7. The number of methoxy groups -OCH3 is 3. The van der Waals surface area contributed by atoms with Crippen LogP contribution in [0, 0.1) is 0 Å². The summed E-state index contributed by atoms with van der Waals surface area (Å²) in [6.07, 6.45) is 0. The van der Waals surface area contributed by atoms with E-state index in [1.165, 1.54) is 14.2 Å². The molecular formula is C27H30O5. The first-order valence-electron chi connectivity index (χ1n) is 10.2. The molecule has 5 heteroatoms. The van der Waals surface area contributed by atoms with Gasteiger partial charge in [-0.25, -0.2) is 0 Å². The third-order valence-corrected chi connectivity index (χ3v) is 5.16. The number of ether oxygens (including phenoxy) is 3. The molecule has 5 nitrogen and oxygen atoms in total. The molecule has 3 aromatic carbocycles. The summed E-state index contributed by atoms with van der Waals surface area (Å²) in [5.74, 6) is -1.61. The highest BCUT2D eigenvalue weighted by Crippen LogP contribution is 2.30. The Balaban J connectivity index is 0.000000244. The van der Waals surface area contributed by atoms with Crippen LogP contribution >= 0.6 is 0 Å². The van der Waals surface area contributed by atoms with Crippen molar-refractivity contribution in [1.82, 2.24) is 0 Å². The first-order valence-corrected chi connectivity index (χ1v) is 10.2. The molecule has 0 atom stereocenters. The second kappa shape index (κ2) is 11.5. The first kappa shape index (κ1) is 25.1. The SMILES string of the molecule is COC(C)(C)C(=O)c1ccccc1.COC(OC)(C(=O)c1ccccc1)c1ccccc1. The predicted molar refractivity (Wildman–Crippen MR) is 125 cm³/mol. The van der Waals surface area contributed by atoms with Gasteiger partial charge in [0.05, 0.1) is 0 Å². The van der Waals surface area contributed by atoms with Crippen LogP contribution in [0.2, 0.25) is 0 Å². The summed E-state index contributed by atoms with van der Waals surface area (Å²) in [6, 6.07) is 27.4. The van der Waals surface area contributed by atoms with Gasteiger partial charge in [0.2, 0.25) is 5.78 Å². The second-order valence-electron chi connectivity index (χ2n) is 7.50. The van der Waals surface area contributed by atoms with E-state index in [4.69, 9.17) is 14.2 Å². The summed E-state index contributed by atoms with van der Waals surface area (Å²) in [6.45, 7) is 3.53. The van der Waals surface area contributed by atoms with Gasteiger partial charge in [-0.1, -0.05) is 91.0 Å². The Bertz CT molecular complexity index is 978. The molecule has 3 rings (SSSR count). The maximum absolute atomic E-state index is 12.7. The minimum Gasteiger partial charge on any atom is -0.371 e. The lowest BCUT2D eigenvalue weighted by atomic mass is 9.96. The van der Waals surface area contributed by atoms with Crippen molar-refractivity contribution in [2.24, 2.45) is 0 Å². The van der Waals surface area contributed by atoms with Crippen LogP contribution in [0.3, 0.4) is 0 Å². The van der Waals surface area contributed by atoms with E-state index in [0.29, 0.717) is 16.7 Å². The van der Waals surface area contributed by atoms with Crippen LogP contribution in [-0.4, -0.2) is 38.5 Å². The Morgan fingerprint density at radius 1 is 0.562 bits per heavy atom. The number of Topliss-reactive ketones (excluding diaryl/α,β-unsaturated/α-hetero) is 2. The van der Waals surface area contributed by atoms with Crippen LogP contribution in [-0.2, 0) is 20.0 Å². The third-order valence-electron chi connectivity index (χ3n) is 5.16. The highest BCUT2D eigenvalue weighted by Gasteiger charge is 2.41. The summed E-state index contributed by atoms with van der Waals surface area (Å²) in [5.41, 5.74) is 1.18. The zero-order valence-electron chi connectivity index (χ0n) is 19.2. The molecule has 0 saturated carbocycles. The van der Waals surface area contributed by atoms with Crippen LogP contribution in [0.25, 0.3) is 0 Å². The van der Waals surface area contributed by atoms with E-state index in [9.17, 15) is 9.59 Å². The summed E-state index contributed by atoms with van der Waals surface area (Å²) < 4.78 is 15.9. The highest BCUT2D eigenvalue weighted by molar-refractivity contribution is 6.02. The zero-order valence-corrected chi connectivity index (χ0v) is 19.2. The predicted octanol–water partition coefficient (Wildman–Crippen LogP) is 5.31. The fourth-order valence-electron chi connectivity index (χ4n) is 3.10. The van der Waals surface area contributed by atoms with E-state index in [1.54, 1.807) is 45.2 Å². The van der Waals surface area contributed by atoms with Crippen LogP contribution < -0.4 is 0 Å². The van der Waals surface area contributed by atoms with E-state index in [2.05, 4.69) is 0 Å². The molecule has 0 fully saturated rings. The van der Waals surface area contributed by atoms with Gasteiger partial charge in [-0.3, -0.25) is 9.59 Å². The van der Waals surface area contributed by atoms with E-state index < -0.39 is 11.4 Å². The normalized spacial score (nSPS) is 11.3. The van der Waals surface area contributed by atoms with E-state index in [1.807, 2.05) is 66.7 Å². The van der Waals surface area contributed by atoms with Gasteiger partial charge in [0.15, 0.2) is 5.78 Å². The quantitative estimate of drug-likeness (QED) is 0.355. The molecule has 0 amide bonds. The standard InChI is InChI=1S/C16H16O3.C11H14O2/c1-18-16(19-2,14-11-7-4-8-12-14)15(17)13-9-5-3-6-10-13;1-11(2,13-3)10(12)9-7-5-4-6-8-9/h3-12H,1-2H3;4-8H,1-3H3. The van der Waals surface area contributed by atoms with Crippen molar-refractivity contribution in [3.63, 3.8) is 0 Å². The van der Waals surface area contributed by atoms with Gasteiger partial charge in [-0.2, -0.15) is 0 Å². The fourth-order valence-corrected chi connectivity index (χ4v) is 3.10.